The number of sulfone groups is 1. The topological polar surface area (TPSA) is 60.4 Å². The molecule has 2 aliphatic rings. The molecule has 27 heavy (non-hydrogen) atoms. The molecule has 136 valence electrons. The van der Waals surface area contributed by atoms with Crippen molar-refractivity contribution < 1.29 is 17.9 Å². The molecular formula is C22H18O4S. The zero-order valence-corrected chi connectivity index (χ0v) is 15.8. The van der Waals surface area contributed by atoms with E-state index in [0.29, 0.717) is 16.2 Å². The highest BCUT2D eigenvalue weighted by Gasteiger charge is 2.32. The number of ether oxygens (including phenoxy) is 1. The summed E-state index contributed by atoms with van der Waals surface area (Å²) >= 11 is 0. The van der Waals surface area contributed by atoms with Crippen molar-refractivity contribution in [3.63, 3.8) is 0 Å². The Hall–Kier alpha value is -2.92. The van der Waals surface area contributed by atoms with Crippen molar-refractivity contribution in [1.29, 1.82) is 0 Å². The van der Waals surface area contributed by atoms with E-state index >= 15 is 0 Å². The lowest BCUT2D eigenvalue weighted by atomic mass is 10.0. The maximum atomic E-state index is 12.2. The average Bonchev–Trinajstić information content (AvgIpc) is 3.13. The third-order valence-corrected chi connectivity index (χ3v) is 6.67. The fourth-order valence-corrected chi connectivity index (χ4v) is 5.10. The largest absolute Gasteiger partial charge is 0.426 e. The van der Waals surface area contributed by atoms with E-state index in [2.05, 4.69) is 0 Å². The smallest absolute Gasteiger partial charge is 0.315 e. The number of carbonyl (C=O) groups is 1. The van der Waals surface area contributed by atoms with E-state index < -0.39 is 9.84 Å². The molecule has 5 heteroatoms. The van der Waals surface area contributed by atoms with Crippen molar-refractivity contribution in [3.05, 3.63) is 77.4 Å². The van der Waals surface area contributed by atoms with Gasteiger partial charge in [-0.3, -0.25) is 4.79 Å². The molecule has 0 amide bonds. The van der Waals surface area contributed by atoms with Crippen molar-refractivity contribution in [2.45, 2.75) is 30.1 Å². The van der Waals surface area contributed by atoms with Gasteiger partial charge in [0.25, 0.3) is 0 Å². The van der Waals surface area contributed by atoms with Crippen LogP contribution in [0.2, 0.25) is 0 Å². The van der Waals surface area contributed by atoms with Crippen LogP contribution in [0.15, 0.2) is 70.5 Å². The van der Waals surface area contributed by atoms with Crippen LogP contribution in [-0.2, 0) is 21.1 Å². The van der Waals surface area contributed by atoms with Gasteiger partial charge in [-0.05, 0) is 37.6 Å². The monoisotopic (exact) mass is 378 g/mol. The van der Waals surface area contributed by atoms with E-state index in [9.17, 15) is 13.2 Å². The molecule has 0 radical (unpaired) electrons. The molecular weight excluding hydrogens is 360 g/mol. The van der Waals surface area contributed by atoms with Crippen LogP contribution in [-0.4, -0.2) is 14.4 Å². The molecule has 0 saturated heterocycles. The Morgan fingerprint density at radius 1 is 0.852 bits per heavy atom. The van der Waals surface area contributed by atoms with Crippen molar-refractivity contribution in [3.8, 4) is 16.9 Å². The summed E-state index contributed by atoms with van der Waals surface area (Å²) in [6.07, 6.45) is 0.433. The summed E-state index contributed by atoms with van der Waals surface area (Å²) in [7, 11) is -3.28. The molecule has 5 rings (SSSR count). The van der Waals surface area contributed by atoms with Gasteiger partial charge in [0.15, 0.2) is 0 Å². The number of carbonyl (C=O) groups excluding carboxylic acids is 1. The van der Waals surface area contributed by atoms with Crippen LogP contribution < -0.4 is 4.74 Å². The summed E-state index contributed by atoms with van der Waals surface area (Å²) < 4.78 is 29.3. The Bertz CT molecular complexity index is 1180. The van der Waals surface area contributed by atoms with Gasteiger partial charge in [-0.25, -0.2) is 8.42 Å². The third-order valence-electron chi connectivity index (χ3n) is 4.80. The van der Waals surface area contributed by atoms with E-state index in [4.69, 9.17) is 4.74 Å². The van der Waals surface area contributed by atoms with Crippen LogP contribution in [0.25, 0.3) is 11.1 Å². The zero-order valence-electron chi connectivity index (χ0n) is 15.0. The molecule has 0 fully saturated rings. The standard InChI is InChI=1S/C13H10O2S.C9H8O2/c1-9-6-7-13-11(8-9)10-4-2-3-5-12(10)16(13,14)15;1-6-3-2-4-8-7(6)5-9(10)11-8/h2-8H,1H3;2-4H,5H2,1H3. The third kappa shape index (κ3) is 2.94. The van der Waals surface area contributed by atoms with Gasteiger partial charge < -0.3 is 4.74 Å². The molecule has 0 atom stereocenters. The predicted molar refractivity (Wildman–Crippen MR) is 103 cm³/mol. The van der Waals surface area contributed by atoms with Crippen molar-refractivity contribution in [2.24, 2.45) is 0 Å². The fourth-order valence-electron chi connectivity index (χ4n) is 3.43. The van der Waals surface area contributed by atoms with Crippen molar-refractivity contribution >= 4 is 15.8 Å². The average molecular weight is 378 g/mol. The summed E-state index contributed by atoms with van der Waals surface area (Å²) in [5.74, 6) is 0.587. The van der Waals surface area contributed by atoms with E-state index in [1.807, 2.05) is 56.3 Å². The van der Waals surface area contributed by atoms with Gasteiger partial charge >= 0.3 is 5.97 Å². The van der Waals surface area contributed by atoms with E-state index in [0.717, 1.165) is 33.6 Å². The quantitative estimate of drug-likeness (QED) is 0.339. The van der Waals surface area contributed by atoms with Crippen molar-refractivity contribution in [1.82, 2.24) is 0 Å². The summed E-state index contributed by atoms with van der Waals surface area (Å²) in [6.45, 7) is 3.95. The number of benzene rings is 3. The van der Waals surface area contributed by atoms with Gasteiger partial charge in [0, 0.05) is 16.7 Å². The first-order chi connectivity index (χ1) is 12.9. The molecule has 0 aliphatic carbocycles. The van der Waals surface area contributed by atoms with Crippen LogP contribution in [0.1, 0.15) is 16.7 Å². The number of hydrogen-bond acceptors (Lipinski definition) is 4. The van der Waals surface area contributed by atoms with Gasteiger partial charge in [0.1, 0.15) is 5.75 Å². The number of rotatable bonds is 0. The number of hydrogen-bond donors (Lipinski definition) is 0. The summed E-state index contributed by atoms with van der Waals surface area (Å²) in [4.78, 5) is 11.7. The minimum atomic E-state index is -3.28. The first kappa shape index (κ1) is 17.5. The second kappa shape index (κ2) is 6.35. The predicted octanol–water partition coefficient (Wildman–Crippen LogP) is 4.26. The number of aryl methyl sites for hydroxylation is 2. The van der Waals surface area contributed by atoms with Gasteiger partial charge in [-0.2, -0.15) is 0 Å². The molecule has 0 unspecified atom stereocenters. The lowest BCUT2D eigenvalue weighted by Crippen LogP contribution is -2.00. The highest BCUT2D eigenvalue weighted by molar-refractivity contribution is 7.92. The Morgan fingerprint density at radius 3 is 2.37 bits per heavy atom. The van der Waals surface area contributed by atoms with Gasteiger partial charge in [-0.15, -0.1) is 0 Å². The molecule has 2 aliphatic heterocycles. The highest BCUT2D eigenvalue weighted by Crippen LogP contribution is 2.42. The molecule has 2 heterocycles. The number of esters is 1. The minimum absolute atomic E-state index is 0.144. The summed E-state index contributed by atoms with van der Waals surface area (Å²) in [5.41, 5.74) is 4.90. The number of fused-ring (bicyclic) bond motifs is 4. The van der Waals surface area contributed by atoms with E-state index in [1.54, 1.807) is 18.2 Å². The zero-order chi connectivity index (χ0) is 19.2. The Labute approximate surface area is 158 Å². The normalized spacial score (nSPS) is 15.1. The fraction of sp³-hybridized carbons (Fsp3) is 0.136. The van der Waals surface area contributed by atoms with Crippen LogP contribution in [0, 0.1) is 13.8 Å². The molecule has 0 N–H and O–H groups in total. The first-order valence-corrected chi connectivity index (χ1v) is 10.1. The molecule has 0 bridgehead atoms. The highest BCUT2D eigenvalue weighted by atomic mass is 32.2. The summed E-state index contributed by atoms with van der Waals surface area (Å²) in [6, 6.07) is 18.3. The SMILES string of the molecule is Cc1ccc2c(c1)-c1ccccc1S2(=O)=O.Cc1cccc2c1CC(=O)O2. The second-order valence-corrected chi connectivity index (χ2v) is 8.59. The van der Waals surface area contributed by atoms with Gasteiger partial charge in [0.05, 0.1) is 16.2 Å². The first-order valence-electron chi connectivity index (χ1n) is 8.62. The van der Waals surface area contributed by atoms with E-state index in [-0.39, 0.29) is 5.97 Å². The van der Waals surface area contributed by atoms with Crippen LogP contribution in [0.5, 0.6) is 5.75 Å². The lowest BCUT2D eigenvalue weighted by molar-refractivity contribution is -0.131. The van der Waals surface area contributed by atoms with Gasteiger partial charge in [-0.1, -0.05) is 48.0 Å². The molecule has 3 aromatic rings. The Kier molecular flexibility index (Phi) is 4.12. The van der Waals surface area contributed by atoms with Crippen LogP contribution in [0.4, 0.5) is 0 Å². The second-order valence-electron chi connectivity index (χ2n) is 6.70. The summed E-state index contributed by atoms with van der Waals surface area (Å²) in [5, 5.41) is 0. The maximum Gasteiger partial charge on any atom is 0.315 e. The van der Waals surface area contributed by atoms with Crippen LogP contribution >= 0.6 is 0 Å². The van der Waals surface area contributed by atoms with Gasteiger partial charge in [0.2, 0.25) is 9.84 Å². The molecule has 3 aromatic carbocycles. The molecule has 0 aromatic heterocycles. The maximum absolute atomic E-state index is 12.2. The molecule has 0 spiro atoms. The Balaban J connectivity index is 0.000000143. The van der Waals surface area contributed by atoms with E-state index in [1.165, 1.54) is 0 Å². The lowest BCUT2D eigenvalue weighted by Gasteiger charge is -1.99. The minimum Gasteiger partial charge on any atom is -0.426 e. The van der Waals surface area contributed by atoms with Crippen molar-refractivity contribution in [2.75, 3.05) is 0 Å². The van der Waals surface area contributed by atoms with Crippen LogP contribution in [0.3, 0.4) is 0 Å². The molecule has 4 nitrogen and oxygen atoms in total. The molecule has 0 saturated carbocycles. The Morgan fingerprint density at radius 2 is 1.59 bits per heavy atom.